The number of fused-ring (bicyclic) bond motifs is 1. The topological polar surface area (TPSA) is 75.6 Å². The molecule has 2 saturated heterocycles. The fourth-order valence-corrected chi connectivity index (χ4v) is 6.49. The molecular weight excluding hydrogens is 384 g/mol. The molecule has 0 spiro atoms. The lowest BCUT2D eigenvalue weighted by molar-refractivity contribution is -0.00985. The molecule has 0 amide bonds. The zero-order chi connectivity index (χ0) is 18.4. The van der Waals surface area contributed by atoms with Gasteiger partial charge in [0.05, 0.1) is 24.8 Å². The molecule has 2 aliphatic heterocycles. The van der Waals surface area contributed by atoms with Gasteiger partial charge in [-0.2, -0.15) is 4.31 Å². The van der Waals surface area contributed by atoms with Gasteiger partial charge in [-0.25, -0.2) is 13.4 Å². The predicted molar refractivity (Wildman–Crippen MR) is 101 cm³/mol. The van der Waals surface area contributed by atoms with Crippen molar-refractivity contribution in [2.45, 2.75) is 54.5 Å². The maximum atomic E-state index is 12.9. The SMILES string of the molecule is O=S(=O)(c1cccs1)N1CC[C@@H]2CC[C@H](Oc3cnc(C4CC4)cn3)N2C1. The van der Waals surface area contributed by atoms with E-state index in [4.69, 9.17) is 4.74 Å². The summed E-state index contributed by atoms with van der Waals surface area (Å²) in [5, 5.41) is 1.80. The molecule has 1 aliphatic carbocycles. The zero-order valence-corrected chi connectivity index (χ0v) is 16.5. The summed E-state index contributed by atoms with van der Waals surface area (Å²) in [6.45, 7) is 0.924. The van der Waals surface area contributed by atoms with Crippen LogP contribution in [0.2, 0.25) is 0 Å². The van der Waals surface area contributed by atoms with Crippen LogP contribution in [-0.4, -0.2) is 53.1 Å². The van der Waals surface area contributed by atoms with Crippen LogP contribution in [0.15, 0.2) is 34.1 Å². The minimum Gasteiger partial charge on any atom is -0.457 e. The molecule has 0 N–H and O–H groups in total. The zero-order valence-electron chi connectivity index (χ0n) is 14.9. The first-order chi connectivity index (χ1) is 13.1. The van der Waals surface area contributed by atoms with Gasteiger partial charge >= 0.3 is 0 Å². The first kappa shape index (κ1) is 17.5. The fourth-order valence-electron chi connectivity index (χ4n) is 3.94. The summed E-state index contributed by atoms with van der Waals surface area (Å²) in [5.41, 5.74) is 1.04. The maximum absolute atomic E-state index is 12.9. The van der Waals surface area contributed by atoms with Crippen LogP contribution in [0.4, 0.5) is 0 Å². The van der Waals surface area contributed by atoms with Crippen LogP contribution >= 0.6 is 11.3 Å². The second kappa shape index (κ2) is 6.80. The van der Waals surface area contributed by atoms with Crippen LogP contribution < -0.4 is 4.74 Å². The minimum atomic E-state index is -3.44. The summed E-state index contributed by atoms with van der Waals surface area (Å²) >= 11 is 1.26. The van der Waals surface area contributed by atoms with E-state index < -0.39 is 10.0 Å². The highest BCUT2D eigenvalue weighted by Gasteiger charge is 2.42. The average Bonchev–Trinajstić information content (AvgIpc) is 3.22. The van der Waals surface area contributed by atoms with Gasteiger partial charge in [-0.05, 0) is 43.6 Å². The second-order valence-corrected chi connectivity index (χ2v) is 10.5. The smallest absolute Gasteiger partial charge is 0.253 e. The summed E-state index contributed by atoms with van der Waals surface area (Å²) in [6.07, 6.45) is 8.47. The largest absolute Gasteiger partial charge is 0.457 e. The summed E-state index contributed by atoms with van der Waals surface area (Å²) in [6, 6.07) is 3.81. The quantitative estimate of drug-likeness (QED) is 0.760. The van der Waals surface area contributed by atoms with Gasteiger partial charge in [0.15, 0.2) is 6.23 Å². The third kappa shape index (κ3) is 3.37. The molecule has 144 valence electrons. The molecule has 0 aromatic carbocycles. The molecule has 5 rings (SSSR count). The molecule has 3 aliphatic rings. The Morgan fingerprint density at radius 1 is 1.11 bits per heavy atom. The highest BCUT2D eigenvalue weighted by molar-refractivity contribution is 7.91. The lowest BCUT2D eigenvalue weighted by Gasteiger charge is -2.39. The van der Waals surface area contributed by atoms with E-state index in [1.54, 1.807) is 28.0 Å². The van der Waals surface area contributed by atoms with Crippen molar-refractivity contribution in [2.75, 3.05) is 13.2 Å². The first-order valence-corrected chi connectivity index (χ1v) is 11.7. The highest BCUT2D eigenvalue weighted by atomic mass is 32.2. The lowest BCUT2D eigenvalue weighted by Crippen LogP contribution is -2.53. The first-order valence-electron chi connectivity index (χ1n) is 9.39. The molecule has 7 nitrogen and oxygen atoms in total. The van der Waals surface area contributed by atoms with E-state index in [1.807, 2.05) is 6.20 Å². The van der Waals surface area contributed by atoms with Crippen LogP contribution in [0.1, 0.15) is 43.7 Å². The number of ether oxygens (including phenoxy) is 1. The van der Waals surface area contributed by atoms with E-state index in [0.717, 1.165) is 25.0 Å². The van der Waals surface area contributed by atoms with Crippen molar-refractivity contribution in [1.82, 2.24) is 19.2 Å². The van der Waals surface area contributed by atoms with E-state index in [9.17, 15) is 8.42 Å². The fraction of sp³-hybridized carbons (Fsp3) is 0.556. The van der Waals surface area contributed by atoms with Crippen molar-refractivity contribution in [3.8, 4) is 5.88 Å². The van der Waals surface area contributed by atoms with Crippen LogP contribution in [0.5, 0.6) is 5.88 Å². The molecule has 2 atom stereocenters. The normalized spacial score (nSPS) is 26.8. The van der Waals surface area contributed by atoms with Crippen molar-refractivity contribution >= 4 is 21.4 Å². The molecule has 0 unspecified atom stereocenters. The van der Waals surface area contributed by atoms with Crippen molar-refractivity contribution < 1.29 is 13.2 Å². The van der Waals surface area contributed by atoms with Crippen LogP contribution in [0, 0.1) is 0 Å². The Bertz CT molecular complexity index is 897. The van der Waals surface area contributed by atoms with Gasteiger partial charge in [-0.15, -0.1) is 11.3 Å². The van der Waals surface area contributed by atoms with Gasteiger partial charge < -0.3 is 4.74 Å². The molecule has 27 heavy (non-hydrogen) atoms. The van der Waals surface area contributed by atoms with E-state index in [-0.39, 0.29) is 6.23 Å². The Hall–Kier alpha value is -1.55. The number of hydrogen-bond acceptors (Lipinski definition) is 7. The molecular formula is C18H22N4O3S2. The van der Waals surface area contributed by atoms with Gasteiger partial charge in [0, 0.05) is 18.5 Å². The van der Waals surface area contributed by atoms with Crippen LogP contribution in [-0.2, 0) is 10.0 Å². The summed E-state index contributed by atoms with van der Waals surface area (Å²) in [4.78, 5) is 11.0. The minimum absolute atomic E-state index is 0.155. The summed E-state index contributed by atoms with van der Waals surface area (Å²) in [7, 11) is -3.44. The second-order valence-electron chi connectivity index (χ2n) is 7.41. The van der Waals surface area contributed by atoms with Gasteiger partial charge in [0.2, 0.25) is 5.88 Å². The molecule has 9 heteroatoms. The van der Waals surface area contributed by atoms with Crippen molar-refractivity contribution in [3.05, 3.63) is 35.6 Å². The van der Waals surface area contributed by atoms with E-state index in [2.05, 4.69) is 14.9 Å². The van der Waals surface area contributed by atoms with E-state index >= 15 is 0 Å². The molecule has 4 heterocycles. The number of sulfonamides is 1. The van der Waals surface area contributed by atoms with Crippen molar-refractivity contribution in [2.24, 2.45) is 0 Å². The van der Waals surface area contributed by atoms with Gasteiger partial charge in [-0.1, -0.05) is 6.07 Å². The predicted octanol–water partition coefficient (Wildman–Crippen LogP) is 2.64. The van der Waals surface area contributed by atoms with Gasteiger partial charge in [0.1, 0.15) is 4.21 Å². The number of thiophene rings is 1. The van der Waals surface area contributed by atoms with E-state index in [0.29, 0.717) is 35.3 Å². The Labute approximate surface area is 163 Å². The van der Waals surface area contributed by atoms with E-state index in [1.165, 1.54) is 24.2 Å². The monoisotopic (exact) mass is 406 g/mol. The average molecular weight is 407 g/mol. The van der Waals surface area contributed by atoms with Crippen LogP contribution in [0.3, 0.4) is 0 Å². The molecule has 1 saturated carbocycles. The van der Waals surface area contributed by atoms with Gasteiger partial charge in [0.25, 0.3) is 10.0 Å². The van der Waals surface area contributed by atoms with Gasteiger partial charge in [-0.3, -0.25) is 9.88 Å². The summed E-state index contributed by atoms with van der Waals surface area (Å²) in [5.74, 6) is 1.09. The Kier molecular flexibility index (Phi) is 4.42. The van der Waals surface area contributed by atoms with Crippen molar-refractivity contribution in [1.29, 1.82) is 0 Å². The molecule has 0 radical (unpaired) electrons. The highest BCUT2D eigenvalue weighted by Crippen LogP contribution is 2.39. The van der Waals surface area contributed by atoms with Crippen molar-refractivity contribution in [3.63, 3.8) is 0 Å². The number of rotatable bonds is 5. The Morgan fingerprint density at radius 3 is 2.70 bits per heavy atom. The molecule has 0 bridgehead atoms. The third-order valence-electron chi connectivity index (χ3n) is 5.61. The number of aromatic nitrogens is 2. The Balaban J connectivity index is 1.29. The molecule has 3 fully saturated rings. The Morgan fingerprint density at radius 2 is 2.00 bits per heavy atom. The summed E-state index contributed by atoms with van der Waals surface area (Å²) < 4.78 is 33.8. The standard InChI is InChI=1S/C18H22N4O3S2/c23-27(24,18-2-1-9-26-18)21-8-7-14-5-6-17(22(14)12-21)25-16-11-19-15(10-20-16)13-3-4-13/h1-2,9-11,13-14,17H,3-8,12H2/t14-,17-/m0/s1. The molecule has 2 aromatic heterocycles. The van der Waals surface area contributed by atoms with Crippen LogP contribution in [0.25, 0.3) is 0 Å². The number of hydrogen-bond donors (Lipinski definition) is 0. The number of nitrogens with zero attached hydrogens (tertiary/aromatic N) is 4. The third-order valence-corrected chi connectivity index (χ3v) is 8.81. The molecule has 2 aromatic rings. The maximum Gasteiger partial charge on any atom is 0.253 e. The lowest BCUT2D eigenvalue weighted by atomic mass is 10.1.